The molecule has 0 radical (unpaired) electrons. The van der Waals surface area contributed by atoms with Crippen LogP contribution in [0, 0.1) is 16.7 Å². The lowest BCUT2D eigenvalue weighted by molar-refractivity contribution is -0.143. The summed E-state index contributed by atoms with van der Waals surface area (Å²) in [5.74, 6) is 0.624. The molecule has 0 aliphatic rings. The van der Waals surface area contributed by atoms with E-state index in [1.807, 2.05) is 31.5 Å². The number of aryl methyl sites for hydroxylation is 1. The van der Waals surface area contributed by atoms with Gasteiger partial charge in [-0.25, -0.2) is 14.8 Å². The highest BCUT2D eigenvalue weighted by Gasteiger charge is 2.38. The van der Waals surface area contributed by atoms with Crippen LogP contribution < -0.4 is 4.74 Å². The minimum Gasteiger partial charge on any atom is -0.425 e. The number of nitriles is 1. The Kier molecular flexibility index (Phi) is 10.9. The minimum absolute atomic E-state index is 0.438. The third-order valence-corrected chi connectivity index (χ3v) is 6.01. The van der Waals surface area contributed by atoms with Crippen LogP contribution in [0.5, 0.6) is 5.75 Å². The molecule has 0 aliphatic carbocycles. The van der Waals surface area contributed by atoms with E-state index in [0.29, 0.717) is 24.4 Å². The van der Waals surface area contributed by atoms with Crippen LogP contribution >= 0.6 is 0 Å². The molecule has 0 amide bonds. The molecule has 1 aromatic heterocycles. The van der Waals surface area contributed by atoms with Gasteiger partial charge in [-0.05, 0) is 55.5 Å². The van der Waals surface area contributed by atoms with Gasteiger partial charge in [-0.15, -0.1) is 0 Å². The smallest absolute Gasteiger partial charge is 0.331 e. The van der Waals surface area contributed by atoms with Crippen LogP contribution in [0.4, 0.5) is 0 Å². The Balaban J connectivity index is 1.97. The Labute approximate surface area is 193 Å². The van der Waals surface area contributed by atoms with Crippen molar-refractivity contribution >= 4 is 5.97 Å². The van der Waals surface area contributed by atoms with Crippen molar-refractivity contribution in [2.75, 3.05) is 0 Å². The largest absolute Gasteiger partial charge is 0.425 e. The van der Waals surface area contributed by atoms with Gasteiger partial charge < -0.3 is 4.74 Å². The zero-order valence-electron chi connectivity index (χ0n) is 19.9. The first-order valence-corrected chi connectivity index (χ1v) is 12.1. The summed E-state index contributed by atoms with van der Waals surface area (Å²) in [5, 5.41) is 9.71. The number of hydrogen-bond acceptors (Lipinski definition) is 5. The van der Waals surface area contributed by atoms with Crippen molar-refractivity contribution in [3.05, 3.63) is 42.2 Å². The number of aromatic nitrogens is 2. The summed E-state index contributed by atoms with van der Waals surface area (Å²) in [7, 11) is 0. The zero-order chi connectivity index (χ0) is 23.2. The summed E-state index contributed by atoms with van der Waals surface area (Å²) in [6.07, 6.45) is 14.8. The molecule has 1 aromatic carbocycles. The maximum atomic E-state index is 12.8. The van der Waals surface area contributed by atoms with Crippen molar-refractivity contribution in [2.45, 2.75) is 91.4 Å². The lowest BCUT2D eigenvalue weighted by atomic mass is 9.81. The average Bonchev–Trinajstić information content (AvgIpc) is 2.83. The molecule has 5 heteroatoms. The lowest BCUT2D eigenvalue weighted by Crippen LogP contribution is -2.33. The molecule has 2 rings (SSSR count). The second-order valence-electron chi connectivity index (χ2n) is 8.50. The number of benzene rings is 1. The van der Waals surface area contributed by atoms with Gasteiger partial charge in [0, 0.05) is 18.0 Å². The maximum Gasteiger partial charge on any atom is 0.331 e. The summed E-state index contributed by atoms with van der Waals surface area (Å²) >= 11 is 0. The highest BCUT2D eigenvalue weighted by atomic mass is 16.5. The van der Waals surface area contributed by atoms with Crippen LogP contribution in [-0.2, 0) is 11.2 Å². The van der Waals surface area contributed by atoms with Gasteiger partial charge in [0.15, 0.2) is 11.2 Å². The van der Waals surface area contributed by atoms with E-state index in [9.17, 15) is 10.1 Å². The number of hydrogen-bond donors (Lipinski definition) is 0. The third kappa shape index (κ3) is 7.44. The molecule has 2 aromatic rings. The summed E-state index contributed by atoms with van der Waals surface area (Å²) < 4.78 is 5.59. The van der Waals surface area contributed by atoms with Gasteiger partial charge in [0.1, 0.15) is 5.75 Å². The van der Waals surface area contributed by atoms with Crippen LogP contribution in [-0.4, -0.2) is 15.9 Å². The van der Waals surface area contributed by atoms with Crippen molar-refractivity contribution in [1.29, 1.82) is 5.26 Å². The predicted molar refractivity (Wildman–Crippen MR) is 128 cm³/mol. The Hall–Kier alpha value is -2.74. The fraction of sp³-hybridized carbons (Fsp3) is 0.556. The van der Waals surface area contributed by atoms with Gasteiger partial charge in [-0.1, -0.05) is 65.7 Å². The summed E-state index contributed by atoms with van der Waals surface area (Å²) in [6.45, 7) is 6.23. The number of carbonyl (C=O) groups is 1. The highest BCUT2D eigenvalue weighted by Crippen LogP contribution is 2.31. The van der Waals surface area contributed by atoms with Crippen molar-refractivity contribution in [2.24, 2.45) is 5.41 Å². The molecule has 172 valence electrons. The van der Waals surface area contributed by atoms with E-state index in [0.717, 1.165) is 49.7 Å². The molecular formula is C27H37N3O2. The van der Waals surface area contributed by atoms with Crippen molar-refractivity contribution in [3.8, 4) is 23.2 Å². The first-order valence-electron chi connectivity index (χ1n) is 12.1. The van der Waals surface area contributed by atoms with E-state index in [1.54, 1.807) is 12.1 Å². The minimum atomic E-state index is -1.08. The van der Waals surface area contributed by atoms with Gasteiger partial charge >= 0.3 is 5.97 Å². The topological polar surface area (TPSA) is 75.9 Å². The molecule has 0 bridgehead atoms. The Morgan fingerprint density at radius 2 is 1.56 bits per heavy atom. The summed E-state index contributed by atoms with van der Waals surface area (Å²) in [4.78, 5) is 21.8. The Bertz CT molecular complexity index is 856. The van der Waals surface area contributed by atoms with Gasteiger partial charge in [0.05, 0.1) is 6.07 Å². The Morgan fingerprint density at radius 1 is 0.938 bits per heavy atom. The maximum absolute atomic E-state index is 12.8. The molecule has 0 saturated heterocycles. The molecule has 1 heterocycles. The molecule has 1 atom stereocenters. The van der Waals surface area contributed by atoms with E-state index in [2.05, 4.69) is 29.9 Å². The quantitative estimate of drug-likeness (QED) is 0.180. The van der Waals surface area contributed by atoms with E-state index in [4.69, 9.17) is 4.74 Å². The number of carbonyl (C=O) groups excluding carboxylic acids is 1. The van der Waals surface area contributed by atoms with E-state index in [1.165, 1.54) is 19.3 Å². The zero-order valence-corrected chi connectivity index (χ0v) is 19.9. The molecule has 0 saturated carbocycles. The third-order valence-electron chi connectivity index (χ3n) is 6.01. The number of unbranched alkanes of at least 4 members (excludes halogenated alkanes) is 6. The number of ether oxygens (including phenoxy) is 1. The number of esters is 1. The van der Waals surface area contributed by atoms with Crippen LogP contribution in [0.3, 0.4) is 0 Å². The average molecular weight is 436 g/mol. The van der Waals surface area contributed by atoms with Gasteiger partial charge in [0.2, 0.25) is 0 Å². The second-order valence-corrected chi connectivity index (χ2v) is 8.50. The van der Waals surface area contributed by atoms with Crippen LogP contribution in [0.25, 0.3) is 11.4 Å². The highest BCUT2D eigenvalue weighted by molar-refractivity contribution is 5.82. The molecule has 32 heavy (non-hydrogen) atoms. The number of nitrogens with zero attached hydrogens (tertiary/aromatic N) is 3. The summed E-state index contributed by atoms with van der Waals surface area (Å²) in [6, 6.07) is 9.41. The normalized spacial score (nSPS) is 12.7. The SMILES string of the molecule is CCCCCCc1cnc(-c2ccc(OC(=O)C(C#N)(CC)CCCCCC)cc2)nc1. The van der Waals surface area contributed by atoms with Crippen molar-refractivity contribution < 1.29 is 9.53 Å². The lowest BCUT2D eigenvalue weighted by Gasteiger charge is -2.22. The van der Waals surface area contributed by atoms with Crippen LogP contribution in [0.1, 0.15) is 90.5 Å². The molecule has 0 spiro atoms. The van der Waals surface area contributed by atoms with Crippen LogP contribution in [0.2, 0.25) is 0 Å². The van der Waals surface area contributed by atoms with Gasteiger partial charge in [-0.3, -0.25) is 0 Å². The van der Waals surface area contributed by atoms with Crippen molar-refractivity contribution in [3.63, 3.8) is 0 Å². The Morgan fingerprint density at radius 3 is 2.12 bits per heavy atom. The molecule has 5 nitrogen and oxygen atoms in total. The van der Waals surface area contributed by atoms with E-state index in [-0.39, 0.29) is 0 Å². The molecule has 1 unspecified atom stereocenters. The molecule has 0 fully saturated rings. The van der Waals surface area contributed by atoms with Gasteiger partial charge in [-0.2, -0.15) is 5.26 Å². The predicted octanol–water partition coefficient (Wildman–Crippen LogP) is 7.06. The fourth-order valence-corrected chi connectivity index (χ4v) is 3.72. The molecule has 0 aliphatic heterocycles. The summed E-state index contributed by atoms with van der Waals surface area (Å²) in [5.41, 5.74) is 0.938. The van der Waals surface area contributed by atoms with E-state index < -0.39 is 11.4 Å². The molecular weight excluding hydrogens is 398 g/mol. The van der Waals surface area contributed by atoms with Crippen molar-refractivity contribution in [1.82, 2.24) is 9.97 Å². The molecule has 0 N–H and O–H groups in total. The van der Waals surface area contributed by atoms with Crippen LogP contribution in [0.15, 0.2) is 36.7 Å². The standard InChI is InChI=1S/C27H37N3O2/c1-4-7-9-11-13-22-19-29-25(30-20-22)23-14-16-24(17-15-23)32-26(31)27(6-3,21-28)18-12-10-8-5-2/h14-17,19-20H,4-13,18H2,1-3H3. The fourth-order valence-electron chi connectivity index (χ4n) is 3.72. The first kappa shape index (κ1) is 25.5. The van der Waals surface area contributed by atoms with Gasteiger partial charge in [0.25, 0.3) is 0 Å². The first-order chi connectivity index (χ1) is 15.6. The number of rotatable bonds is 14. The second kappa shape index (κ2) is 13.6. The van der Waals surface area contributed by atoms with E-state index >= 15 is 0 Å². The monoisotopic (exact) mass is 435 g/mol.